The number of benzene rings is 1. The van der Waals surface area contributed by atoms with Crippen LogP contribution in [0, 0.1) is 6.92 Å². The fourth-order valence-corrected chi connectivity index (χ4v) is 3.33. The maximum Gasteiger partial charge on any atom is 0.228 e. The van der Waals surface area contributed by atoms with Gasteiger partial charge in [0.2, 0.25) is 5.91 Å². The summed E-state index contributed by atoms with van der Waals surface area (Å²) in [6.07, 6.45) is 0.305. The van der Waals surface area contributed by atoms with Crippen LogP contribution in [0.4, 0.5) is 0 Å². The van der Waals surface area contributed by atoms with Crippen molar-refractivity contribution < 1.29 is 14.1 Å². The molecule has 0 bridgehead atoms. The molecule has 6 nitrogen and oxygen atoms in total. The molecule has 0 radical (unpaired) electrons. The summed E-state index contributed by atoms with van der Waals surface area (Å²) in [4.78, 5) is 16.7. The highest BCUT2D eigenvalue weighted by molar-refractivity contribution is 5.78. The van der Waals surface area contributed by atoms with Crippen molar-refractivity contribution in [1.29, 1.82) is 0 Å². The van der Waals surface area contributed by atoms with Crippen LogP contribution in [0.15, 0.2) is 34.9 Å². The number of amides is 1. The van der Waals surface area contributed by atoms with Gasteiger partial charge in [-0.05, 0) is 19.9 Å². The summed E-state index contributed by atoms with van der Waals surface area (Å²) in [6.45, 7) is 7.18. The first kappa shape index (κ1) is 17.5. The van der Waals surface area contributed by atoms with Gasteiger partial charge in [-0.3, -0.25) is 9.69 Å². The van der Waals surface area contributed by atoms with E-state index in [1.165, 1.54) is 5.56 Å². The molecular weight excluding hydrogens is 318 g/mol. The lowest BCUT2D eigenvalue weighted by Gasteiger charge is -2.38. The molecule has 1 aromatic carbocycles. The van der Waals surface area contributed by atoms with E-state index in [1.54, 1.807) is 7.11 Å². The molecule has 3 rings (SSSR count). The van der Waals surface area contributed by atoms with Gasteiger partial charge in [0.05, 0.1) is 19.2 Å². The van der Waals surface area contributed by atoms with Crippen LogP contribution in [0.5, 0.6) is 5.75 Å². The molecule has 1 aliphatic rings. The van der Waals surface area contributed by atoms with Gasteiger partial charge in [-0.15, -0.1) is 0 Å². The molecule has 0 unspecified atom stereocenters. The van der Waals surface area contributed by atoms with Crippen molar-refractivity contribution in [3.8, 4) is 5.75 Å². The van der Waals surface area contributed by atoms with Crippen LogP contribution in [0.3, 0.4) is 0 Å². The highest BCUT2D eigenvalue weighted by Gasteiger charge is 2.26. The molecule has 25 heavy (non-hydrogen) atoms. The quantitative estimate of drug-likeness (QED) is 0.834. The largest absolute Gasteiger partial charge is 0.496 e. The average molecular weight is 343 g/mol. The third kappa shape index (κ3) is 4.02. The van der Waals surface area contributed by atoms with Crippen LogP contribution in [0.1, 0.15) is 30.0 Å². The second-order valence-corrected chi connectivity index (χ2v) is 6.44. The molecule has 0 spiro atoms. The Hall–Kier alpha value is -2.34. The number of ether oxygens (including phenoxy) is 1. The molecule has 1 aliphatic heterocycles. The Bertz CT molecular complexity index is 720. The normalized spacial score (nSPS) is 16.7. The smallest absolute Gasteiger partial charge is 0.228 e. The van der Waals surface area contributed by atoms with Crippen molar-refractivity contribution in [2.45, 2.75) is 26.3 Å². The minimum atomic E-state index is 0.109. The summed E-state index contributed by atoms with van der Waals surface area (Å²) in [5.41, 5.74) is 1.88. The van der Waals surface area contributed by atoms with Crippen molar-refractivity contribution in [3.63, 3.8) is 0 Å². The zero-order valence-electron chi connectivity index (χ0n) is 15.1. The highest BCUT2D eigenvalue weighted by atomic mass is 16.5. The first-order valence-corrected chi connectivity index (χ1v) is 8.65. The number of rotatable bonds is 5. The van der Waals surface area contributed by atoms with E-state index >= 15 is 0 Å². The highest BCUT2D eigenvalue weighted by Crippen LogP contribution is 2.29. The van der Waals surface area contributed by atoms with Gasteiger partial charge in [0.1, 0.15) is 11.5 Å². The Labute approximate surface area is 148 Å². The number of carbonyl (C=O) groups is 1. The molecule has 0 aliphatic carbocycles. The Morgan fingerprint density at radius 3 is 2.64 bits per heavy atom. The van der Waals surface area contributed by atoms with Crippen LogP contribution < -0.4 is 4.74 Å². The van der Waals surface area contributed by atoms with E-state index in [9.17, 15) is 4.79 Å². The molecular formula is C19H25N3O3. The summed E-state index contributed by atoms with van der Waals surface area (Å²) in [5, 5.41) is 3.91. The van der Waals surface area contributed by atoms with Crippen molar-refractivity contribution in [1.82, 2.24) is 15.0 Å². The summed E-state index contributed by atoms with van der Waals surface area (Å²) in [6, 6.07) is 10.2. The second kappa shape index (κ2) is 7.70. The van der Waals surface area contributed by atoms with E-state index in [2.05, 4.69) is 23.0 Å². The van der Waals surface area contributed by atoms with Crippen LogP contribution in [0.25, 0.3) is 0 Å². The second-order valence-electron chi connectivity index (χ2n) is 6.44. The zero-order valence-corrected chi connectivity index (χ0v) is 15.1. The SMILES string of the molecule is COc1ccccc1[C@H](C)N1CCN(C(=O)Cc2cc(C)on2)CC1. The minimum Gasteiger partial charge on any atom is -0.496 e. The molecule has 134 valence electrons. The number of hydrogen-bond acceptors (Lipinski definition) is 5. The first-order valence-electron chi connectivity index (χ1n) is 8.65. The van der Waals surface area contributed by atoms with Gasteiger partial charge in [0, 0.05) is 43.9 Å². The van der Waals surface area contributed by atoms with Gasteiger partial charge < -0.3 is 14.2 Å². The molecule has 1 atom stereocenters. The average Bonchev–Trinajstić information content (AvgIpc) is 3.06. The van der Waals surface area contributed by atoms with Crippen LogP contribution in [0.2, 0.25) is 0 Å². The maximum atomic E-state index is 12.4. The van der Waals surface area contributed by atoms with Gasteiger partial charge >= 0.3 is 0 Å². The molecule has 1 saturated heterocycles. The van der Waals surface area contributed by atoms with Crippen molar-refractivity contribution in [2.24, 2.45) is 0 Å². The predicted molar refractivity (Wildman–Crippen MR) is 94.5 cm³/mol. The van der Waals surface area contributed by atoms with Crippen molar-refractivity contribution in [3.05, 3.63) is 47.3 Å². The van der Waals surface area contributed by atoms with Crippen molar-refractivity contribution in [2.75, 3.05) is 33.3 Å². The molecule has 1 fully saturated rings. The number of carbonyl (C=O) groups excluding carboxylic acids is 1. The third-order valence-electron chi connectivity index (χ3n) is 4.81. The number of methoxy groups -OCH3 is 1. The molecule has 0 N–H and O–H groups in total. The van der Waals surface area contributed by atoms with Gasteiger partial charge in [-0.2, -0.15) is 0 Å². The lowest BCUT2D eigenvalue weighted by atomic mass is 10.0. The summed E-state index contributed by atoms with van der Waals surface area (Å²) in [7, 11) is 1.70. The van der Waals surface area contributed by atoms with Crippen molar-refractivity contribution >= 4 is 5.91 Å². The Morgan fingerprint density at radius 1 is 1.28 bits per heavy atom. The molecule has 6 heteroatoms. The molecule has 1 aromatic heterocycles. The number of aryl methyl sites for hydroxylation is 1. The monoisotopic (exact) mass is 343 g/mol. The fourth-order valence-electron chi connectivity index (χ4n) is 3.33. The zero-order chi connectivity index (χ0) is 17.8. The lowest BCUT2D eigenvalue weighted by Crippen LogP contribution is -2.49. The van der Waals surface area contributed by atoms with Gasteiger partial charge in [0.15, 0.2) is 0 Å². The van der Waals surface area contributed by atoms with E-state index < -0.39 is 0 Å². The topological polar surface area (TPSA) is 58.8 Å². The van der Waals surface area contributed by atoms with Crippen LogP contribution in [-0.2, 0) is 11.2 Å². The Morgan fingerprint density at radius 2 is 2.00 bits per heavy atom. The maximum absolute atomic E-state index is 12.4. The van der Waals surface area contributed by atoms with Gasteiger partial charge in [0.25, 0.3) is 0 Å². The third-order valence-corrected chi connectivity index (χ3v) is 4.81. The van der Waals surface area contributed by atoms with Crippen LogP contribution in [-0.4, -0.2) is 54.2 Å². The summed E-state index contributed by atoms with van der Waals surface area (Å²) < 4.78 is 10.5. The van der Waals surface area contributed by atoms with Gasteiger partial charge in [-0.1, -0.05) is 23.4 Å². The van der Waals surface area contributed by atoms with Gasteiger partial charge in [-0.25, -0.2) is 0 Å². The molecule has 2 heterocycles. The first-order chi connectivity index (χ1) is 12.1. The summed E-state index contributed by atoms with van der Waals surface area (Å²) >= 11 is 0. The van der Waals surface area contributed by atoms with E-state index in [0.717, 1.165) is 37.7 Å². The molecule has 0 saturated carbocycles. The number of aromatic nitrogens is 1. The Kier molecular flexibility index (Phi) is 5.38. The number of para-hydroxylation sites is 1. The molecule has 2 aromatic rings. The number of nitrogens with zero attached hydrogens (tertiary/aromatic N) is 3. The number of piperazine rings is 1. The standard InChI is InChI=1S/C19H25N3O3/c1-14-12-16(20-25-14)13-19(23)22-10-8-21(9-11-22)15(2)17-6-4-5-7-18(17)24-3/h4-7,12,15H,8-11,13H2,1-3H3/t15-/m0/s1. The molecule has 1 amide bonds. The minimum absolute atomic E-state index is 0.109. The lowest BCUT2D eigenvalue weighted by molar-refractivity contribution is -0.132. The van der Waals surface area contributed by atoms with E-state index in [1.807, 2.05) is 36.1 Å². The van der Waals surface area contributed by atoms with E-state index in [-0.39, 0.29) is 11.9 Å². The number of hydrogen-bond donors (Lipinski definition) is 0. The van der Waals surface area contributed by atoms with Crippen LogP contribution >= 0.6 is 0 Å². The fraction of sp³-hybridized carbons (Fsp3) is 0.474. The predicted octanol–water partition coefficient (Wildman–Crippen LogP) is 2.44. The van der Waals surface area contributed by atoms with E-state index in [0.29, 0.717) is 12.1 Å². The van der Waals surface area contributed by atoms with E-state index in [4.69, 9.17) is 9.26 Å². The Balaban J connectivity index is 1.57. The summed E-state index contributed by atoms with van der Waals surface area (Å²) in [5.74, 6) is 1.76.